The topological polar surface area (TPSA) is 73.9 Å². The lowest BCUT2D eigenvalue weighted by molar-refractivity contribution is -0.153. The number of esters is 1. The zero-order valence-corrected chi connectivity index (χ0v) is 15.6. The molecule has 0 saturated carbocycles. The van der Waals surface area contributed by atoms with Gasteiger partial charge in [-0.1, -0.05) is 23.7 Å². The number of nitrogens with one attached hydrogen (secondary N) is 1. The molecule has 0 radical (unpaired) electrons. The van der Waals surface area contributed by atoms with Crippen LogP contribution in [0.4, 0.5) is 0 Å². The molecule has 0 aliphatic carbocycles. The van der Waals surface area contributed by atoms with E-state index in [0.29, 0.717) is 23.7 Å². The van der Waals surface area contributed by atoms with Gasteiger partial charge in [-0.15, -0.1) is 0 Å². The molecule has 142 valence electrons. The molecule has 2 aromatic rings. The Morgan fingerprint density at radius 3 is 2.93 bits per heavy atom. The van der Waals surface area contributed by atoms with Gasteiger partial charge in [0, 0.05) is 11.6 Å². The third-order valence-electron chi connectivity index (χ3n) is 4.23. The van der Waals surface area contributed by atoms with Gasteiger partial charge in [0.2, 0.25) is 0 Å². The number of rotatable bonds is 6. The summed E-state index contributed by atoms with van der Waals surface area (Å²) in [6.07, 6.45) is 0.472. The number of carbonyl (C=O) groups is 2. The SMILES string of the molecule is COc1cccc(CNC(=O)COC(=O)[C@@H]2COc3ccc(Cl)cc3C2)c1. The molecule has 7 heteroatoms. The molecular weight excluding hydrogens is 370 g/mol. The van der Waals surface area contributed by atoms with E-state index in [0.717, 1.165) is 16.9 Å². The summed E-state index contributed by atoms with van der Waals surface area (Å²) in [5.74, 6) is 0.149. The Morgan fingerprint density at radius 2 is 2.11 bits per heavy atom. The van der Waals surface area contributed by atoms with Crippen LogP contribution in [-0.2, 0) is 27.3 Å². The van der Waals surface area contributed by atoms with Crippen molar-refractivity contribution in [3.63, 3.8) is 0 Å². The summed E-state index contributed by atoms with van der Waals surface area (Å²) in [4.78, 5) is 24.2. The number of halogens is 1. The highest BCUT2D eigenvalue weighted by Crippen LogP contribution is 2.30. The summed E-state index contributed by atoms with van der Waals surface area (Å²) in [5, 5.41) is 3.30. The molecule has 2 aromatic carbocycles. The summed E-state index contributed by atoms with van der Waals surface area (Å²) in [6, 6.07) is 12.7. The number of carbonyl (C=O) groups excluding carboxylic acids is 2. The van der Waals surface area contributed by atoms with Gasteiger partial charge in [-0.05, 0) is 47.9 Å². The molecule has 0 fully saturated rings. The molecule has 3 rings (SSSR count). The standard InChI is InChI=1S/C20H20ClNO5/c1-25-17-4-2-3-13(7-17)10-22-19(23)12-27-20(24)15-8-14-9-16(21)5-6-18(14)26-11-15/h2-7,9,15H,8,10-12H2,1H3,(H,22,23)/t15-/m0/s1. The quantitative estimate of drug-likeness (QED) is 0.769. The Balaban J connectivity index is 1.45. The zero-order chi connectivity index (χ0) is 19.2. The molecule has 1 amide bonds. The molecule has 1 heterocycles. The van der Waals surface area contributed by atoms with Gasteiger partial charge in [-0.3, -0.25) is 9.59 Å². The molecule has 1 N–H and O–H groups in total. The zero-order valence-electron chi connectivity index (χ0n) is 14.9. The molecule has 0 bridgehead atoms. The van der Waals surface area contributed by atoms with Crippen molar-refractivity contribution in [2.75, 3.05) is 20.3 Å². The van der Waals surface area contributed by atoms with Gasteiger partial charge >= 0.3 is 5.97 Å². The molecule has 0 aromatic heterocycles. The van der Waals surface area contributed by atoms with Gasteiger partial charge in [-0.2, -0.15) is 0 Å². The first-order valence-corrected chi connectivity index (χ1v) is 8.90. The van der Waals surface area contributed by atoms with Gasteiger partial charge in [0.25, 0.3) is 5.91 Å². The molecule has 0 saturated heterocycles. The summed E-state index contributed by atoms with van der Waals surface area (Å²) in [5.41, 5.74) is 1.75. The smallest absolute Gasteiger partial charge is 0.313 e. The van der Waals surface area contributed by atoms with Gasteiger partial charge in [0.05, 0.1) is 13.0 Å². The highest BCUT2D eigenvalue weighted by atomic mass is 35.5. The van der Waals surface area contributed by atoms with Crippen molar-refractivity contribution in [1.82, 2.24) is 5.32 Å². The minimum Gasteiger partial charge on any atom is -0.497 e. The van der Waals surface area contributed by atoms with E-state index in [-0.39, 0.29) is 19.1 Å². The Morgan fingerprint density at radius 1 is 1.26 bits per heavy atom. The van der Waals surface area contributed by atoms with Crippen molar-refractivity contribution < 1.29 is 23.8 Å². The number of hydrogen-bond acceptors (Lipinski definition) is 5. The fraction of sp³-hybridized carbons (Fsp3) is 0.300. The summed E-state index contributed by atoms with van der Waals surface area (Å²) < 4.78 is 15.8. The lowest BCUT2D eigenvalue weighted by Gasteiger charge is -2.24. The molecule has 6 nitrogen and oxygen atoms in total. The molecule has 1 atom stereocenters. The van der Waals surface area contributed by atoms with Crippen LogP contribution < -0.4 is 14.8 Å². The highest BCUT2D eigenvalue weighted by molar-refractivity contribution is 6.30. The van der Waals surface area contributed by atoms with E-state index in [4.69, 9.17) is 25.8 Å². The number of fused-ring (bicyclic) bond motifs is 1. The van der Waals surface area contributed by atoms with Gasteiger partial charge in [0.15, 0.2) is 6.61 Å². The second-order valence-electron chi connectivity index (χ2n) is 6.20. The van der Waals surface area contributed by atoms with Crippen LogP contribution in [-0.4, -0.2) is 32.2 Å². The molecule has 0 spiro atoms. The minimum atomic E-state index is -0.461. The first-order chi connectivity index (χ1) is 13.0. The van der Waals surface area contributed by atoms with Gasteiger partial charge in [-0.25, -0.2) is 0 Å². The van der Waals surface area contributed by atoms with Crippen LogP contribution in [0.3, 0.4) is 0 Å². The summed E-state index contributed by atoms with van der Waals surface area (Å²) in [7, 11) is 1.58. The van der Waals surface area contributed by atoms with E-state index in [1.165, 1.54) is 0 Å². The maximum atomic E-state index is 12.2. The van der Waals surface area contributed by atoms with Crippen LogP contribution >= 0.6 is 11.6 Å². The van der Waals surface area contributed by atoms with Gasteiger partial charge < -0.3 is 19.5 Å². The second kappa shape index (κ2) is 8.77. The number of amides is 1. The normalized spacial score (nSPS) is 15.3. The average Bonchev–Trinajstić information content (AvgIpc) is 2.70. The van der Waals surface area contributed by atoms with Crippen LogP contribution in [0.5, 0.6) is 11.5 Å². The Hall–Kier alpha value is -2.73. The largest absolute Gasteiger partial charge is 0.497 e. The van der Waals surface area contributed by atoms with E-state index in [1.807, 2.05) is 24.3 Å². The lowest BCUT2D eigenvalue weighted by atomic mass is 9.97. The molecule has 27 heavy (non-hydrogen) atoms. The molecule has 1 aliphatic rings. The third-order valence-corrected chi connectivity index (χ3v) is 4.47. The Labute approximate surface area is 162 Å². The number of hydrogen-bond donors (Lipinski definition) is 1. The van der Waals surface area contributed by atoms with E-state index in [2.05, 4.69) is 5.32 Å². The monoisotopic (exact) mass is 389 g/mol. The van der Waals surface area contributed by atoms with Crippen LogP contribution in [0.15, 0.2) is 42.5 Å². The predicted molar refractivity (Wildman–Crippen MR) is 99.9 cm³/mol. The lowest BCUT2D eigenvalue weighted by Crippen LogP contribution is -2.33. The van der Waals surface area contributed by atoms with E-state index < -0.39 is 11.9 Å². The predicted octanol–water partition coefficient (Wildman–Crippen LogP) is 2.76. The van der Waals surface area contributed by atoms with Crippen molar-refractivity contribution in [1.29, 1.82) is 0 Å². The van der Waals surface area contributed by atoms with E-state index in [1.54, 1.807) is 25.3 Å². The van der Waals surface area contributed by atoms with Crippen molar-refractivity contribution in [3.05, 3.63) is 58.6 Å². The third kappa shape index (κ3) is 5.14. The van der Waals surface area contributed by atoms with Crippen molar-refractivity contribution in [2.45, 2.75) is 13.0 Å². The first-order valence-electron chi connectivity index (χ1n) is 8.52. The second-order valence-corrected chi connectivity index (χ2v) is 6.64. The molecule has 0 unspecified atom stereocenters. The first kappa shape index (κ1) is 19.0. The molecular formula is C20H20ClNO5. The fourth-order valence-electron chi connectivity index (χ4n) is 2.80. The maximum absolute atomic E-state index is 12.2. The van der Waals surface area contributed by atoms with Gasteiger partial charge in [0.1, 0.15) is 18.1 Å². The number of methoxy groups -OCH3 is 1. The van der Waals surface area contributed by atoms with Crippen LogP contribution in [0.25, 0.3) is 0 Å². The molecule has 1 aliphatic heterocycles. The van der Waals surface area contributed by atoms with E-state index in [9.17, 15) is 9.59 Å². The fourth-order valence-corrected chi connectivity index (χ4v) is 3.00. The van der Waals surface area contributed by atoms with Crippen molar-refractivity contribution in [2.24, 2.45) is 5.92 Å². The van der Waals surface area contributed by atoms with Crippen LogP contribution in [0.2, 0.25) is 5.02 Å². The van der Waals surface area contributed by atoms with Crippen molar-refractivity contribution >= 4 is 23.5 Å². The Bertz CT molecular complexity index is 839. The highest BCUT2D eigenvalue weighted by Gasteiger charge is 2.27. The Kier molecular flexibility index (Phi) is 6.19. The minimum absolute atomic E-state index is 0.221. The van der Waals surface area contributed by atoms with Crippen LogP contribution in [0.1, 0.15) is 11.1 Å². The number of benzene rings is 2. The average molecular weight is 390 g/mol. The summed E-state index contributed by atoms with van der Waals surface area (Å²) >= 11 is 5.98. The summed E-state index contributed by atoms with van der Waals surface area (Å²) in [6.45, 7) is 0.215. The van der Waals surface area contributed by atoms with Crippen molar-refractivity contribution in [3.8, 4) is 11.5 Å². The maximum Gasteiger partial charge on any atom is 0.313 e. The van der Waals surface area contributed by atoms with Crippen LogP contribution in [0, 0.1) is 5.92 Å². The van der Waals surface area contributed by atoms with E-state index >= 15 is 0 Å². The number of ether oxygens (including phenoxy) is 3.